The lowest BCUT2D eigenvalue weighted by Gasteiger charge is -2.12. The Kier molecular flexibility index (Phi) is 4.06. The van der Waals surface area contributed by atoms with Crippen molar-refractivity contribution in [3.63, 3.8) is 0 Å². The van der Waals surface area contributed by atoms with Crippen LogP contribution >= 0.6 is 15.9 Å². The van der Waals surface area contributed by atoms with Gasteiger partial charge in [0.2, 0.25) is 5.91 Å². The van der Waals surface area contributed by atoms with Crippen molar-refractivity contribution < 1.29 is 9.59 Å². The Balaban J connectivity index is 3.31. The Labute approximate surface area is 103 Å². The zero-order valence-electron chi connectivity index (χ0n) is 9.35. The van der Waals surface area contributed by atoms with Gasteiger partial charge in [0, 0.05) is 18.4 Å². The van der Waals surface area contributed by atoms with Crippen LogP contribution in [-0.2, 0) is 4.79 Å². The largest absolute Gasteiger partial charge is 0.355 e. The second kappa shape index (κ2) is 5.12. The molecule has 2 N–H and O–H groups in total. The smallest absolute Gasteiger partial charge is 0.253 e. The zero-order chi connectivity index (χ0) is 12.3. The predicted molar refractivity (Wildman–Crippen MR) is 66.6 cm³/mol. The Bertz CT molecular complexity index is 444. The van der Waals surface area contributed by atoms with Gasteiger partial charge < -0.3 is 10.6 Å². The van der Waals surface area contributed by atoms with E-state index in [0.717, 1.165) is 5.56 Å². The van der Waals surface area contributed by atoms with E-state index in [0.29, 0.717) is 15.7 Å². The maximum Gasteiger partial charge on any atom is 0.253 e. The van der Waals surface area contributed by atoms with E-state index in [4.69, 9.17) is 0 Å². The van der Waals surface area contributed by atoms with Crippen molar-refractivity contribution in [2.75, 3.05) is 12.4 Å². The molecule has 0 spiro atoms. The molecule has 16 heavy (non-hydrogen) atoms. The normalized spacial score (nSPS) is 9.75. The molecule has 0 aliphatic heterocycles. The van der Waals surface area contributed by atoms with Gasteiger partial charge in [0.25, 0.3) is 5.91 Å². The molecule has 2 amide bonds. The number of hydrogen-bond acceptors (Lipinski definition) is 2. The minimum atomic E-state index is -0.229. The first-order valence-electron chi connectivity index (χ1n) is 4.75. The molecule has 1 rings (SSSR count). The van der Waals surface area contributed by atoms with Gasteiger partial charge in [-0.1, -0.05) is 0 Å². The summed E-state index contributed by atoms with van der Waals surface area (Å²) in [4.78, 5) is 22.7. The summed E-state index contributed by atoms with van der Waals surface area (Å²) >= 11 is 3.33. The lowest BCUT2D eigenvalue weighted by molar-refractivity contribution is -0.114. The van der Waals surface area contributed by atoms with Crippen LogP contribution in [0.1, 0.15) is 22.8 Å². The fraction of sp³-hybridized carbons (Fsp3) is 0.273. The van der Waals surface area contributed by atoms with Crippen LogP contribution in [-0.4, -0.2) is 18.9 Å². The third-order valence-electron chi connectivity index (χ3n) is 2.01. The molecule has 4 nitrogen and oxygen atoms in total. The van der Waals surface area contributed by atoms with Gasteiger partial charge in [-0.25, -0.2) is 0 Å². The summed E-state index contributed by atoms with van der Waals surface area (Å²) in [5.41, 5.74) is 1.89. The van der Waals surface area contributed by atoms with Crippen molar-refractivity contribution >= 4 is 33.4 Å². The van der Waals surface area contributed by atoms with Crippen LogP contribution in [0.4, 0.5) is 5.69 Å². The third kappa shape index (κ3) is 2.82. The Morgan fingerprint density at radius 3 is 2.44 bits per heavy atom. The number of amides is 2. The molecule has 0 aliphatic rings. The lowest BCUT2D eigenvalue weighted by atomic mass is 10.1. The Morgan fingerprint density at radius 2 is 1.94 bits per heavy atom. The van der Waals surface area contributed by atoms with Crippen molar-refractivity contribution in [1.29, 1.82) is 0 Å². The molecule has 0 aromatic heterocycles. The van der Waals surface area contributed by atoms with Crippen molar-refractivity contribution in [1.82, 2.24) is 5.32 Å². The molecular weight excluding hydrogens is 272 g/mol. The second-order valence-corrected chi connectivity index (χ2v) is 4.28. The molecule has 1 aromatic carbocycles. The monoisotopic (exact) mass is 284 g/mol. The van der Waals surface area contributed by atoms with Gasteiger partial charge in [-0.2, -0.15) is 0 Å². The van der Waals surface area contributed by atoms with E-state index in [-0.39, 0.29) is 11.8 Å². The summed E-state index contributed by atoms with van der Waals surface area (Å²) in [7, 11) is 1.55. The molecule has 0 aliphatic carbocycles. The second-order valence-electron chi connectivity index (χ2n) is 3.43. The number of carbonyl (C=O) groups is 2. The fourth-order valence-corrected chi connectivity index (χ4v) is 2.03. The van der Waals surface area contributed by atoms with Crippen molar-refractivity contribution in [3.8, 4) is 0 Å². The van der Waals surface area contributed by atoms with Crippen LogP contribution in [0.5, 0.6) is 0 Å². The highest BCUT2D eigenvalue weighted by Crippen LogP contribution is 2.28. The minimum absolute atomic E-state index is 0.213. The van der Waals surface area contributed by atoms with E-state index in [9.17, 15) is 9.59 Å². The summed E-state index contributed by atoms with van der Waals surface area (Å²) in [6.45, 7) is 3.29. The summed E-state index contributed by atoms with van der Waals surface area (Å²) in [6.07, 6.45) is 0. The fourth-order valence-electron chi connectivity index (χ4n) is 1.36. The standard InChI is InChI=1S/C11H13BrN2O2/c1-6-4-8(11(16)13-3)10(9(12)5-6)14-7(2)15/h4-5H,1-3H3,(H,13,16)(H,14,15). The highest BCUT2D eigenvalue weighted by molar-refractivity contribution is 9.10. The molecule has 0 saturated carbocycles. The SMILES string of the molecule is CNC(=O)c1cc(C)cc(Br)c1NC(C)=O. The van der Waals surface area contributed by atoms with E-state index >= 15 is 0 Å². The number of halogens is 1. The molecule has 0 atom stereocenters. The molecule has 1 aromatic rings. The van der Waals surface area contributed by atoms with Crippen molar-refractivity contribution in [3.05, 3.63) is 27.7 Å². The number of hydrogen-bond donors (Lipinski definition) is 2. The van der Waals surface area contributed by atoms with Gasteiger partial charge in [0.1, 0.15) is 0 Å². The number of aryl methyl sites for hydroxylation is 1. The van der Waals surface area contributed by atoms with Crippen LogP contribution < -0.4 is 10.6 Å². The van der Waals surface area contributed by atoms with Crippen LogP contribution in [0, 0.1) is 6.92 Å². The maximum absolute atomic E-state index is 11.6. The van der Waals surface area contributed by atoms with Crippen LogP contribution in [0.3, 0.4) is 0 Å². The van der Waals surface area contributed by atoms with Crippen LogP contribution in [0.25, 0.3) is 0 Å². The lowest BCUT2D eigenvalue weighted by Crippen LogP contribution is -2.21. The third-order valence-corrected chi connectivity index (χ3v) is 2.63. The Morgan fingerprint density at radius 1 is 1.31 bits per heavy atom. The average molecular weight is 285 g/mol. The molecule has 0 unspecified atom stereocenters. The average Bonchev–Trinajstić information content (AvgIpc) is 2.20. The van der Waals surface area contributed by atoms with E-state index in [1.807, 2.05) is 13.0 Å². The molecular formula is C11H13BrN2O2. The van der Waals surface area contributed by atoms with Crippen molar-refractivity contribution in [2.45, 2.75) is 13.8 Å². The number of rotatable bonds is 2. The summed E-state index contributed by atoms with van der Waals surface area (Å²) in [5, 5.41) is 5.18. The summed E-state index contributed by atoms with van der Waals surface area (Å²) in [5.74, 6) is -0.442. The molecule has 0 saturated heterocycles. The zero-order valence-corrected chi connectivity index (χ0v) is 10.9. The van der Waals surface area contributed by atoms with Gasteiger partial charge in [0.15, 0.2) is 0 Å². The van der Waals surface area contributed by atoms with E-state index in [1.165, 1.54) is 6.92 Å². The quantitative estimate of drug-likeness (QED) is 0.874. The molecule has 0 bridgehead atoms. The molecule has 86 valence electrons. The predicted octanol–water partition coefficient (Wildman–Crippen LogP) is 2.08. The maximum atomic E-state index is 11.6. The first-order valence-corrected chi connectivity index (χ1v) is 5.54. The number of benzene rings is 1. The van der Waals surface area contributed by atoms with Gasteiger partial charge >= 0.3 is 0 Å². The number of nitrogens with one attached hydrogen (secondary N) is 2. The van der Waals surface area contributed by atoms with Gasteiger partial charge in [-0.05, 0) is 40.5 Å². The van der Waals surface area contributed by atoms with Gasteiger partial charge in [-0.15, -0.1) is 0 Å². The number of anilines is 1. The van der Waals surface area contributed by atoms with E-state index in [1.54, 1.807) is 13.1 Å². The summed E-state index contributed by atoms with van der Waals surface area (Å²) in [6, 6.07) is 3.58. The molecule has 0 fully saturated rings. The van der Waals surface area contributed by atoms with E-state index in [2.05, 4.69) is 26.6 Å². The van der Waals surface area contributed by atoms with Gasteiger partial charge in [-0.3, -0.25) is 9.59 Å². The molecule has 0 heterocycles. The molecule has 0 radical (unpaired) electrons. The highest BCUT2D eigenvalue weighted by Gasteiger charge is 2.14. The minimum Gasteiger partial charge on any atom is -0.355 e. The Hall–Kier alpha value is -1.36. The topological polar surface area (TPSA) is 58.2 Å². The van der Waals surface area contributed by atoms with Crippen LogP contribution in [0.2, 0.25) is 0 Å². The van der Waals surface area contributed by atoms with Gasteiger partial charge in [0.05, 0.1) is 11.3 Å². The summed E-state index contributed by atoms with van der Waals surface area (Å²) < 4.78 is 0.696. The van der Waals surface area contributed by atoms with E-state index < -0.39 is 0 Å². The van der Waals surface area contributed by atoms with Crippen molar-refractivity contribution in [2.24, 2.45) is 0 Å². The molecule has 5 heteroatoms. The van der Waals surface area contributed by atoms with Crippen LogP contribution in [0.15, 0.2) is 16.6 Å². The highest BCUT2D eigenvalue weighted by atomic mass is 79.9. The first-order chi connectivity index (χ1) is 7.45. The first kappa shape index (κ1) is 12.7. The number of carbonyl (C=O) groups excluding carboxylic acids is 2.